The van der Waals surface area contributed by atoms with Gasteiger partial charge in [0.2, 0.25) is 0 Å². The lowest BCUT2D eigenvalue weighted by atomic mass is 10.2. The first-order chi connectivity index (χ1) is 9.55. The van der Waals surface area contributed by atoms with Gasteiger partial charge in [-0.1, -0.05) is 0 Å². The maximum absolute atomic E-state index is 12.1. The van der Waals surface area contributed by atoms with Crippen molar-refractivity contribution in [1.82, 2.24) is 9.78 Å². The number of aromatic nitrogens is 2. The molecular weight excluding hydrogens is 289 g/mol. The smallest absolute Gasteiger partial charge is 0.442 e. The molecule has 1 aromatic carbocycles. The minimum atomic E-state index is -4.77. The number of fused-ring (bicyclic) bond motifs is 1. The molecule has 0 unspecified atom stereocenters. The fraction of sp³-hybridized carbons (Fsp3) is 0.385. The Morgan fingerprint density at radius 1 is 1.24 bits per heavy atom. The van der Waals surface area contributed by atoms with Gasteiger partial charge in [0.25, 0.3) is 0 Å². The summed E-state index contributed by atoms with van der Waals surface area (Å²) in [5.41, 5.74) is -0.368. The van der Waals surface area contributed by atoms with Crippen molar-refractivity contribution < 1.29 is 27.4 Å². The van der Waals surface area contributed by atoms with Crippen LogP contribution in [0.4, 0.5) is 18.0 Å². The van der Waals surface area contributed by atoms with Crippen molar-refractivity contribution >= 4 is 17.0 Å². The van der Waals surface area contributed by atoms with Gasteiger partial charge < -0.3 is 9.47 Å². The van der Waals surface area contributed by atoms with Crippen LogP contribution in [0.5, 0.6) is 5.75 Å². The Balaban J connectivity index is 2.31. The Labute approximate surface area is 118 Å². The van der Waals surface area contributed by atoms with E-state index in [1.165, 1.54) is 12.3 Å². The summed E-state index contributed by atoms with van der Waals surface area (Å²) in [5.74, 6) is -0.376. The summed E-state index contributed by atoms with van der Waals surface area (Å²) in [6.07, 6.45) is -4.21. The molecule has 2 rings (SSSR count). The molecule has 0 aliphatic carbocycles. The summed E-state index contributed by atoms with van der Waals surface area (Å²) in [6.45, 7) is 5.10. The molecule has 0 amide bonds. The quantitative estimate of drug-likeness (QED) is 0.805. The molecule has 8 heteroatoms. The molecule has 0 bridgehead atoms. The zero-order valence-corrected chi connectivity index (χ0v) is 11.6. The topological polar surface area (TPSA) is 53.4 Å². The van der Waals surface area contributed by atoms with Crippen molar-refractivity contribution in [3.8, 4) is 5.75 Å². The number of carbonyl (C=O) groups excluding carboxylic acids is 1. The Hall–Kier alpha value is -2.25. The maximum atomic E-state index is 12.1. The maximum Gasteiger partial charge on any atom is 0.573 e. The average Bonchev–Trinajstić information content (AvgIpc) is 2.67. The Kier molecular flexibility index (Phi) is 3.56. The standard InChI is InChI=1S/C13H13F3N2O3/c1-12(2,3)21-11(19)18-10-5-4-9(20-13(14,15)16)6-8(10)7-17-18/h4-7H,1-3H3. The first kappa shape index (κ1) is 15.1. The van der Waals surface area contributed by atoms with Gasteiger partial charge in [0.1, 0.15) is 11.4 Å². The molecule has 21 heavy (non-hydrogen) atoms. The van der Waals surface area contributed by atoms with Crippen LogP contribution in [-0.2, 0) is 4.74 Å². The highest BCUT2D eigenvalue weighted by Crippen LogP contribution is 2.26. The number of nitrogens with zero attached hydrogens (tertiary/aromatic N) is 2. The zero-order valence-electron chi connectivity index (χ0n) is 11.6. The van der Waals surface area contributed by atoms with Crippen LogP contribution in [0.1, 0.15) is 20.8 Å². The minimum absolute atomic E-state index is 0.332. The lowest BCUT2D eigenvalue weighted by Crippen LogP contribution is -2.27. The van der Waals surface area contributed by atoms with Crippen molar-refractivity contribution in [3.63, 3.8) is 0 Å². The molecule has 2 aromatic rings. The molecule has 5 nitrogen and oxygen atoms in total. The second-order valence-corrected chi connectivity index (χ2v) is 5.31. The first-order valence-electron chi connectivity index (χ1n) is 6.02. The Bertz CT molecular complexity index is 671. The number of ether oxygens (including phenoxy) is 2. The number of benzene rings is 1. The van der Waals surface area contributed by atoms with Gasteiger partial charge in [-0.3, -0.25) is 0 Å². The number of hydrogen-bond donors (Lipinski definition) is 0. The average molecular weight is 302 g/mol. The van der Waals surface area contributed by atoms with E-state index in [1.54, 1.807) is 20.8 Å². The molecule has 0 aliphatic rings. The molecule has 0 spiro atoms. The third-order valence-electron chi connectivity index (χ3n) is 2.34. The lowest BCUT2D eigenvalue weighted by Gasteiger charge is -2.19. The highest BCUT2D eigenvalue weighted by Gasteiger charge is 2.31. The fourth-order valence-corrected chi connectivity index (χ4v) is 1.66. The minimum Gasteiger partial charge on any atom is -0.442 e. The second-order valence-electron chi connectivity index (χ2n) is 5.31. The van der Waals surface area contributed by atoms with E-state index in [1.807, 2.05) is 0 Å². The third-order valence-corrected chi connectivity index (χ3v) is 2.34. The molecule has 0 aliphatic heterocycles. The third kappa shape index (κ3) is 3.87. The van der Waals surface area contributed by atoms with E-state index >= 15 is 0 Å². The van der Waals surface area contributed by atoms with E-state index in [9.17, 15) is 18.0 Å². The number of halogens is 3. The van der Waals surface area contributed by atoms with Gasteiger partial charge in [0.15, 0.2) is 0 Å². The van der Waals surface area contributed by atoms with Crippen LogP contribution in [0.25, 0.3) is 10.9 Å². The van der Waals surface area contributed by atoms with Crippen molar-refractivity contribution in [2.45, 2.75) is 32.7 Å². The summed E-state index contributed by atoms with van der Waals surface area (Å²) >= 11 is 0. The van der Waals surface area contributed by atoms with Gasteiger partial charge in [-0.25, -0.2) is 4.79 Å². The highest BCUT2D eigenvalue weighted by atomic mass is 19.4. The second kappa shape index (κ2) is 4.94. The van der Waals surface area contributed by atoms with E-state index in [2.05, 4.69) is 9.84 Å². The summed E-state index contributed by atoms with van der Waals surface area (Å²) in [7, 11) is 0. The molecule has 0 saturated carbocycles. The number of carbonyl (C=O) groups is 1. The van der Waals surface area contributed by atoms with Crippen LogP contribution in [0.3, 0.4) is 0 Å². The van der Waals surface area contributed by atoms with Crippen LogP contribution in [-0.4, -0.2) is 27.8 Å². The van der Waals surface area contributed by atoms with E-state index < -0.39 is 18.1 Å². The number of rotatable bonds is 1. The van der Waals surface area contributed by atoms with Crippen LogP contribution in [0.15, 0.2) is 24.4 Å². The summed E-state index contributed by atoms with van der Waals surface area (Å²) in [5, 5.41) is 4.16. The first-order valence-corrected chi connectivity index (χ1v) is 6.02. The Morgan fingerprint density at radius 2 is 1.90 bits per heavy atom. The molecule has 0 N–H and O–H groups in total. The molecular formula is C13H13F3N2O3. The predicted molar refractivity (Wildman–Crippen MR) is 68.0 cm³/mol. The van der Waals surface area contributed by atoms with Gasteiger partial charge in [-0.2, -0.15) is 9.78 Å². The SMILES string of the molecule is CC(C)(C)OC(=O)n1ncc2cc(OC(F)(F)F)ccc21. The van der Waals surface area contributed by atoms with E-state index in [4.69, 9.17) is 4.74 Å². The largest absolute Gasteiger partial charge is 0.573 e. The van der Waals surface area contributed by atoms with Gasteiger partial charge in [-0.05, 0) is 39.0 Å². The van der Waals surface area contributed by atoms with Gasteiger partial charge in [0.05, 0.1) is 11.7 Å². The molecule has 114 valence electrons. The van der Waals surface area contributed by atoms with Gasteiger partial charge in [-0.15, -0.1) is 13.2 Å². The predicted octanol–water partition coefficient (Wildman–Crippen LogP) is 3.72. The summed E-state index contributed by atoms with van der Waals surface area (Å²) in [6, 6.07) is 3.57. The van der Waals surface area contributed by atoms with Crippen molar-refractivity contribution in [1.29, 1.82) is 0 Å². The molecule has 0 fully saturated rings. The molecule has 1 aromatic heterocycles. The number of hydrogen-bond acceptors (Lipinski definition) is 4. The van der Waals surface area contributed by atoms with Crippen LogP contribution < -0.4 is 4.74 Å². The summed E-state index contributed by atoms with van der Waals surface area (Å²) in [4.78, 5) is 11.9. The Morgan fingerprint density at radius 3 is 2.48 bits per heavy atom. The van der Waals surface area contributed by atoms with Crippen molar-refractivity contribution in [2.75, 3.05) is 0 Å². The lowest BCUT2D eigenvalue weighted by molar-refractivity contribution is -0.274. The molecule has 0 radical (unpaired) electrons. The summed E-state index contributed by atoms with van der Waals surface area (Å²) < 4.78 is 46.4. The van der Waals surface area contributed by atoms with Crippen molar-refractivity contribution in [3.05, 3.63) is 24.4 Å². The van der Waals surface area contributed by atoms with E-state index in [-0.39, 0.29) is 5.75 Å². The molecule has 0 saturated heterocycles. The van der Waals surface area contributed by atoms with Gasteiger partial charge >= 0.3 is 12.5 Å². The van der Waals surface area contributed by atoms with E-state index in [0.29, 0.717) is 10.9 Å². The molecule has 0 atom stereocenters. The van der Waals surface area contributed by atoms with Crippen LogP contribution in [0.2, 0.25) is 0 Å². The normalized spacial score (nSPS) is 12.5. The fourth-order valence-electron chi connectivity index (χ4n) is 1.66. The zero-order chi connectivity index (χ0) is 15.8. The molecule has 1 heterocycles. The van der Waals surface area contributed by atoms with Crippen molar-refractivity contribution in [2.24, 2.45) is 0 Å². The van der Waals surface area contributed by atoms with Crippen LogP contribution >= 0.6 is 0 Å². The van der Waals surface area contributed by atoms with Gasteiger partial charge in [0, 0.05) is 5.39 Å². The van der Waals surface area contributed by atoms with E-state index in [0.717, 1.165) is 16.8 Å². The number of alkyl halides is 3. The highest BCUT2D eigenvalue weighted by molar-refractivity contribution is 5.88. The van der Waals surface area contributed by atoms with Crippen LogP contribution in [0, 0.1) is 0 Å². The monoisotopic (exact) mass is 302 g/mol.